The zero-order valence-electron chi connectivity index (χ0n) is 18.1. The Morgan fingerprint density at radius 2 is 1.76 bits per heavy atom. The number of esters is 1. The third-order valence-electron chi connectivity index (χ3n) is 5.70. The molecule has 1 amide bonds. The first-order valence-electron chi connectivity index (χ1n) is 10.4. The summed E-state index contributed by atoms with van der Waals surface area (Å²) in [6, 6.07) is 6.52. The first-order chi connectivity index (χ1) is 16.0. The first-order valence-corrected chi connectivity index (χ1v) is 12.3. The van der Waals surface area contributed by atoms with Crippen molar-refractivity contribution in [3.8, 4) is 0 Å². The van der Waals surface area contributed by atoms with E-state index in [0.29, 0.717) is 6.42 Å². The zero-order chi connectivity index (χ0) is 25.0. The highest BCUT2D eigenvalue weighted by atomic mass is 35.5. The number of Topliss-reactive ketones (excluding diaryl/α,β-unsaturated/α-hetero) is 1. The third-order valence-corrected chi connectivity index (χ3v) is 8.35. The van der Waals surface area contributed by atoms with Gasteiger partial charge in [-0.15, -0.1) is 0 Å². The van der Waals surface area contributed by atoms with Crippen LogP contribution < -0.4 is 5.32 Å². The molecule has 0 aromatic heterocycles. The smallest absolute Gasteiger partial charge is 0.305 e. The van der Waals surface area contributed by atoms with Crippen molar-refractivity contribution in [2.45, 2.75) is 42.2 Å². The van der Waals surface area contributed by atoms with E-state index in [1.807, 2.05) is 0 Å². The third kappa shape index (κ3) is 5.79. The monoisotopic (exact) mass is 513 g/mol. The number of methoxy groups -OCH3 is 1. The molecule has 34 heavy (non-hydrogen) atoms. The Morgan fingerprint density at radius 1 is 1.06 bits per heavy atom. The number of ether oxygens (including phenoxy) is 1. The summed E-state index contributed by atoms with van der Waals surface area (Å²) in [5, 5.41) is 1.47. The molecule has 0 unspecified atom stereocenters. The van der Waals surface area contributed by atoms with Gasteiger partial charge in [-0.1, -0.05) is 11.6 Å². The first kappa shape index (κ1) is 25.8. The van der Waals surface area contributed by atoms with Gasteiger partial charge in [-0.2, -0.15) is 0 Å². The second kappa shape index (κ2) is 10.6. The molecule has 0 spiro atoms. The summed E-state index contributed by atoms with van der Waals surface area (Å²) in [4.78, 5) is 35.7. The lowest BCUT2D eigenvalue weighted by Gasteiger charge is -2.34. The molecule has 2 aromatic rings. The lowest BCUT2D eigenvalue weighted by molar-refractivity contribution is -0.140. The number of carbonyl (C=O) groups is 3. The number of hydrogen-bond donors (Lipinski definition) is 1. The van der Waals surface area contributed by atoms with Crippen LogP contribution in [0.3, 0.4) is 0 Å². The number of carbonyl (C=O) groups excluding carboxylic acids is 3. The second-order valence-corrected chi connectivity index (χ2v) is 10.6. The molecule has 1 aliphatic rings. The molecule has 3 rings (SSSR count). The predicted octanol–water partition coefficient (Wildman–Crippen LogP) is 4.34. The van der Waals surface area contributed by atoms with Gasteiger partial charge in [0.15, 0.2) is 21.5 Å². The van der Waals surface area contributed by atoms with Crippen LogP contribution in [0.1, 0.15) is 42.5 Å². The molecular formula is C23H22ClF2NO6S. The average Bonchev–Trinajstić information content (AvgIpc) is 2.75. The Hall–Kier alpha value is -2.85. The van der Waals surface area contributed by atoms with Crippen LogP contribution in [0.15, 0.2) is 41.3 Å². The van der Waals surface area contributed by atoms with Gasteiger partial charge in [0.05, 0.1) is 22.3 Å². The van der Waals surface area contributed by atoms with E-state index in [2.05, 4.69) is 10.1 Å². The fourth-order valence-corrected chi connectivity index (χ4v) is 6.02. The van der Waals surface area contributed by atoms with E-state index in [-0.39, 0.29) is 52.6 Å². The van der Waals surface area contributed by atoms with Crippen molar-refractivity contribution in [3.63, 3.8) is 0 Å². The van der Waals surface area contributed by atoms with Gasteiger partial charge >= 0.3 is 5.97 Å². The van der Waals surface area contributed by atoms with Crippen molar-refractivity contribution < 1.29 is 36.3 Å². The van der Waals surface area contributed by atoms with Gasteiger partial charge in [0.2, 0.25) is 0 Å². The number of sulfone groups is 1. The van der Waals surface area contributed by atoms with Crippen molar-refractivity contribution in [1.29, 1.82) is 0 Å². The Bertz CT molecular complexity index is 1230. The maximum Gasteiger partial charge on any atom is 0.305 e. The van der Waals surface area contributed by atoms with Crippen LogP contribution in [0.2, 0.25) is 5.02 Å². The van der Waals surface area contributed by atoms with Crippen molar-refractivity contribution >= 4 is 44.8 Å². The Morgan fingerprint density at radius 3 is 2.41 bits per heavy atom. The van der Waals surface area contributed by atoms with E-state index < -0.39 is 44.5 Å². The summed E-state index contributed by atoms with van der Waals surface area (Å²) in [7, 11) is -2.66. The standard InChI is InChI=1S/C23H22ClF2NO6S/c1-33-22(29)4-2-3-20(28)14-9-16(10-14)34(31,32)21-11-13(5-7-17(21)24)23(30)27-15-6-8-18(25)19(26)12-15/h5-8,11-12,14,16H,2-4,9-10H2,1H3,(H,27,30). The lowest BCUT2D eigenvalue weighted by atomic mass is 9.80. The summed E-state index contributed by atoms with van der Waals surface area (Å²) in [5.74, 6) is -3.89. The van der Waals surface area contributed by atoms with Gasteiger partial charge in [-0.3, -0.25) is 14.4 Å². The molecule has 7 nitrogen and oxygen atoms in total. The summed E-state index contributed by atoms with van der Waals surface area (Å²) in [5.41, 5.74) is -0.0433. The number of nitrogens with one attached hydrogen (secondary N) is 1. The van der Waals surface area contributed by atoms with Gasteiger partial charge < -0.3 is 10.1 Å². The Balaban J connectivity index is 1.66. The average molecular weight is 514 g/mol. The zero-order valence-corrected chi connectivity index (χ0v) is 19.7. The quantitative estimate of drug-likeness (QED) is 0.500. The SMILES string of the molecule is COC(=O)CCCC(=O)C1CC(S(=O)(=O)c2cc(C(=O)Nc3ccc(F)c(F)c3)ccc2Cl)C1. The van der Waals surface area contributed by atoms with E-state index in [4.69, 9.17) is 11.6 Å². The van der Waals surface area contributed by atoms with Crippen LogP contribution in [-0.2, 0) is 24.2 Å². The molecule has 0 aliphatic heterocycles. The fourth-order valence-electron chi connectivity index (χ4n) is 3.61. The number of halogens is 3. The van der Waals surface area contributed by atoms with E-state index in [9.17, 15) is 31.6 Å². The molecule has 1 aliphatic carbocycles. The van der Waals surface area contributed by atoms with Crippen molar-refractivity contribution in [1.82, 2.24) is 0 Å². The van der Waals surface area contributed by atoms with Crippen LogP contribution in [0.25, 0.3) is 0 Å². The molecular weight excluding hydrogens is 492 g/mol. The predicted molar refractivity (Wildman–Crippen MR) is 120 cm³/mol. The number of benzene rings is 2. The maximum atomic E-state index is 13.4. The molecule has 0 bridgehead atoms. The van der Waals surface area contributed by atoms with E-state index in [0.717, 1.165) is 18.2 Å². The molecule has 0 radical (unpaired) electrons. The molecule has 182 valence electrons. The summed E-state index contributed by atoms with van der Waals surface area (Å²) in [6.45, 7) is 0. The minimum atomic E-state index is -3.93. The molecule has 1 saturated carbocycles. The van der Waals surface area contributed by atoms with Gasteiger partial charge in [-0.05, 0) is 49.6 Å². The number of amides is 1. The van der Waals surface area contributed by atoms with Gasteiger partial charge in [0.25, 0.3) is 5.91 Å². The molecule has 0 saturated heterocycles. The van der Waals surface area contributed by atoms with Crippen molar-refractivity contribution in [2.24, 2.45) is 5.92 Å². The summed E-state index contributed by atoms with van der Waals surface area (Å²) >= 11 is 6.11. The minimum Gasteiger partial charge on any atom is -0.469 e. The normalized spacial score (nSPS) is 17.5. The highest BCUT2D eigenvalue weighted by molar-refractivity contribution is 7.92. The lowest BCUT2D eigenvalue weighted by Crippen LogP contribution is -2.40. The summed E-state index contributed by atoms with van der Waals surface area (Å²) in [6.07, 6.45) is 0.862. The maximum absolute atomic E-state index is 13.4. The Kier molecular flexibility index (Phi) is 8.04. The van der Waals surface area contributed by atoms with E-state index in [1.165, 1.54) is 25.3 Å². The largest absolute Gasteiger partial charge is 0.469 e. The van der Waals surface area contributed by atoms with Crippen molar-refractivity contribution in [3.05, 3.63) is 58.6 Å². The van der Waals surface area contributed by atoms with Crippen molar-refractivity contribution in [2.75, 3.05) is 12.4 Å². The number of rotatable bonds is 9. The fraction of sp³-hybridized carbons (Fsp3) is 0.348. The van der Waals surface area contributed by atoms with Crippen LogP contribution in [0.5, 0.6) is 0 Å². The molecule has 11 heteroatoms. The topological polar surface area (TPSA) is 107 Å². The minimum absolute atomic E-state index is 0.00389. The molecule has 2 aromatic carbocycles. The Labute approximate surface area is 200 Å². The molecule has 1 N–H and O–H groups in total. The van der Waals surface area contributed by atoms with E-state index in [1.54, 1.807) is 0 Å². The highest BCUT2D eigenvalue weighted by Gasteiger charge is 2.43. The van der Waals surface area contributed by atoms with Gasteiger partial charge in [0.1, 0.15) is 5.78 Å². The van der Waals surface area contributed by atoms with Gasteiger partial charge in [0, 0.05) is 36.1 Å². The molecule has 0 atom stereocenters. The van der Waals surface area contributed by atoms with Crippen LogP contribution >= 0.6 is 11.6 Å². The number of ketones is 1. The number of hydrogen-bond acceptors (Lipinski definition) is 6. The molecule has 1 fully saturated rings. The van der Waals surface area contributed by atoms with Crippen LogP contribution in [-0.4, -0.2) is 38.4 Å². The van der Waals surface area contributed by atoms with Crippen LogP contribution in [0.4, 0.5) is 14.5 Å². The summed E-state index contributed by atoms with van der Waals surface area (Å²) < 4.78 is 57.1. The number of anilines is 1. The van der Waals surface area contributed by atoms with Crippen LogP contribution in [0, 0.1) is 17.6 Å². The second-order valence-electron chi connectivity index (χ2n) is 7.96. The molecule has 0 heterocycles. The van der Waals surface area contributed by atoms with Gasteiger partial charge in [-0.25, -0.2) is 17.2 Å². The highest BCUT2D eigenvalue weighted by Crippen LogP contribution is 2.39. The van der Waals surface area contributed by atoms with E-state index >= 15 is 0 Å².